The summed E-state index contributed by atoms with van der Waals surface area (Å²) >= 11 is -17.5. The summed E-state index contributed by atoms with van der Waals surface area (Å²) < 4.78 is 306. The molecule has 38 nitrogen and oxygen atoms in total. The SMILES string of the molecule is O=S(=O)([O-])[O-].O=S(=O)([O-])[O-].O=S(=O)([O-])[O-].O=S(=O)([O-])[O-].[Mg+2].[Mg+2].[Mg+2].[Mg+2].[Mg+2].[Mg+2].[Mg+2].[Mg+2].[Mg+2].[Mg+2].[OH-].[OH-].[O]=[Al][O-].[O]=[Al][O-].[O]=[Al][O-].[O]=[Al][O-].[O]=[Al][O-].[O]=[Al][O-].[O]=[Al][O-].[O]=[Al][O-].[O]=[Al][O-].[O]=[Al][O-]. The summed E-state index contributed by atoms with van der Waals surface area (Å²) in [6.45, 7) is 0. The zero-order valence-electron chi connectivity index (χ0n) is 30.1. The van der Waals surface area contributed by atoms with Crippen molar-refractivity contribution in [1.29, 1.82) is 0 Å². The molecule has 0 amide bonds. The Morgan fingerprint density at radius 3 is 0.194 bits per heavy atom. The van der Waals surface area contributed by atoms with Crippen LogP contribution in [0.3, 0.4) is 0 Å². The summed E-state index contributed by atoms with van der Waals surface area (Å²) in [7, 11) is -20.7. The minimum absolute atomic E-state index is 0. The van der Waals surface area contributed by atoms with Crippen LogP contribution >= 0.6 is 0 Å². The summed E-state index contributed by atoms with van der Waals surface area (Å²) in [5, 5.41) is 0. The van der Waals surface area contributed by atoms with Gasteiger partial charge in [0.25, 0.3) is 0 Å². The molecule has 304 valence electrons. The summed E-state index contributed by atoms with van der Waals surface area (Å²) in [6, 6.07) is 0. The molecule has 0 aromatic rings. The first-order chi connectivity index (χ1) is 22.1. The molecule has 62 heavy (non-hydrogen) atoms. The molecule has 62 heteroatoms. The molecule has 0 saturated heterocycles. The molecule has 0 unspecified atom stereocenters. The standard InChI is InChI=1S/10Al.10Mg.4H2O4S.2H2O.20O/c;;;;;;;;;;;;;;;;;;;;4*1-5(2,3)4;;;;;;;;;;;;;;;;;;;;;;/h;;;;;;;;;;;;;;;;;;;;4*(H2,1,2,3,4);2*1H2;;;;;;;;;;;;;;;;;;;;/q;;;;;;;;;;10*+2;;;;;;;;;;;;;;;;;10*-1/p-10. The van der Waals surface area contributed by atoms with Crippen LogP contribution in [0.15, 0.2) is 0 Å². The Morgan fingerprint density at radius 2 is 0.194 bits per heavy atom. The van der Waals surface area contributed by atoms with Crippen molar-refractivity contribution in [2.24, 2.45) is 0 Å². The topological polar surface area (TPSA) is 782 Å². The van der Waals surface area contributed by atoms with Gasteiger partial charge in [-0.1, -0.05) is 0 Å². The first-order valence-corrected chi connectivity index (χ1v) is 22.1. The van der Waals surface area contributed by atoms with Gasteiger partial charge in [-0.3, -0.25) is 33.7 Å². The van der Waals surface area contributed by atoms with Gasteiger partial charge in [0.2, 0.25) is 0 Å². The quantitative estimate of drug-likeness (QED) is 0.123. The monoisotopic (exact) mass is 1250 g/mol. The van der Waals surface area contributed by atoms with Gasteiger partial charge < -0.3 is 47.4 Å². The van der Waals surface area contributed by atoms with Crippen LogP contribution in [0, 0.1) is 0 Å². The van der Waals surface area contributed by atoms with E-state index in [1.54, 1.807) is 0 Å². The average molecular weight is 1250 g/mol. The van der Waals surface area contributed by atoms with Crippen molar-refractivity contribution in [2.75, 3.05) is 0 Å². The van der Waals surface area contributed by atoms with Gasteiger partial charge in [-0.15, -0.1) is 0 Å². The van der Waals surface area contributed by atoms with Crippen LogP contribution in [0.2, 0.25) is 0 Å². The fraction of sp³-hybridized carbons (Fsp3) is 0. The maximum atomic E-state index is 8.52. The molecule has 2 N–H and O–H groups in total. The Labute approximate surface area is 575 Å². The maximum absolute atomic E-state index is 8.52. The molecule has 0 aliphatic rings. The Bertz CT molecular complexity index is 888. The van der Waals surface area contributed by atoms with E-state index in [1.807, 2.05) is 0 Å². The van der Waals surface area contributed by atoms with E-state index in [9.17, 15) is 0 Å². The van der Waals surface area contributed by atoms with E-state index in [0.29, 0.717) is 0 Å². The van der Waals surface area contributed by atoms with Gasteiger partial charge in [0.05, 0.1) is 0 Å². The van der Waals surface area contributed by atoms with Crippen molar-refractivity contribution >= 4 is 427 Å². The van der Waals surface area contributed by atoms with E-state index in [-0.39, 0.29) is 241 Å². The molecule has 0 spiro atoms. The van der Waals surface area contributed by atoms with Gasteiger partial charge in [0.1, 0.15) is 0 Å². The molecule has 0 aliphatic carbocycles. The molecular formula is H2Al10Mg10O38S4. The van der Waals surface area contributed by atoms with Crippen LogP contribution in [0.1, 0.15) is 0 Å². The molecule has 0 aromatic carbocycles. The van der Waals surface area contributed by atoms with Crippen molar-refractivity contribution in [3.63, 3.8) is 0 Å². The molecule has 0 bridgehead atoms. The van der Waals surface area contributed by atoms with E-state index in [4.69, 9.17) is 150 Å². The first kappa shape index (κ1) is 172. The van der Waals surface area contributed by atoms with Crippen LogP contribution < -0.4 is 41.6 Å². The average Bonchev–Trinajstić information content (AvgIpc) is 2.80. The first-order valence-electron chi connectivity index (χ1n) is 7.38. The second-order valence-electron chi connectivity index (χ2n) is 2.60. The second-order valence-corrected chi connectivity index (χ2v) is 7.79. The summed E-state index contributed by atoms with van der Waals surface area (Å²) in [5.41, 5.74) is 0. The predicted octanol–water partition coefficient (Wildman–Crippen LogP) is -26.4. The van der Waals surface area contributed by atoms with Crippen LogP contribution in [0.4, 0.5) is 0 Å². The van der Waals surface area contributed by atoms with Gasteiger partial charge in [-0.2, -0.15) is 0 Å². The third-order valence-electron chi connectivity index (χ3n) is 0. The molecule has 0 radical (unpaired) electrons. The second kappa shape index (κ2) is 181. The Morgan fingerprint density at radius 1 is 0.194 bits per heavy atom. The number of rotatable bonds is 0. The molecule has 0 atom stereocenters. The molecule has 0 aromatic heterocycles. The third kappa shape index (κ3) is 4410. The Balaban J connectivity index is -0.00000000930. The van der Waals surface area contributed by atoms with E-state index in [2.05, 4.69) is 0 Å². The zero-order valence-corrected chi connectivity index (χ0v) is 59.0. The molecule has 0 saturated carbocycles. The summed E-state index contributed by atoms with van der Waals surface area (Å²) in [5.74, 6) is 0. The van der Waals surface area contributed by atoms with Gasteiger partial charge in [-0.25, -0.2) is 0 Å². The zero-order chi connectivity index (χ0) is 45.1. The van der Waals surface area contributed by atoms with E-state index in [1.165, 1.54) is 0 Å². The van der Waals surface area contributed by atoms with Gasteiger partial charge in [0, 0.05) is 41.6 Å². The normalized spacial score (nSPS) is 5.03. The van der Waals surface area contributed by atoms with Gasteiger partial charge in [0.15, 0.2) is 0 Å². The summed E-state index contributed by atoms with van der Waals surface area (Å²) in [6.07, 6.45) is 0. The van der Waals surface area contributed by atoms with Crippen molar-refractivity contribution < 1.29 is 161 Å². The molecule has 0 aliphatic heterocycles. The van der Waals surface area contributed by atoms with Crippen LogP contribution in [0.5, 0.6) is 0 Å². The molecular weight excluding hydrogens is 1250 g/mol. The molecule has 0 fully saturated rings. The van der Waals surface area contributed by atoms with E-state index >= 15 is 0 Å². The molecule has 0 heterocycles. The number of hydrogen-bond acceptors (Lipinski definition) is 38. The van der Waals surface area contributed by atoms with E-state index < -0.39 is 196 Å². The number of hydrogen-bond donors (Lipinski definition) is 0. The summed E-state index contributed by atoms with van der Waals surface area (Å²) in [4.78, 5) is 0. The third-order valence-corrected chi connectivity index (χ3v) is 0. The van der Waals surface area contributed by atoms with Crippen molar-refractivity contribution in [1.82, 2.24) is 0 Å². The predicted molar refractivity (Wildman–Crippen MR) is 168 cm³/mol. The van der Waals surface area contributed by atoms with Crippen molar-refractivity contribution in [2.45, 2.75) is 0 Å². The van der Waals surface area contributed by atoms with Crippen molar-refractivity contribution in [3.8, 4) is 0 Å². The van der Waals surface area contributed by atoms with E-state index in [0.717, 1.165) is 0 Å². The molecule has 0 rings (SSSR count). The van der Waals surface area contributed by atoms with Gasteiger partial charge in [-0.05, 0) is 0 Å². The van der Waals surface area contributed by atoms with Crippen LogP contribution in [0.25, 0.3) is 0 Å². The fourth-order valence-corrected chi connectivity index (χ4v) is 0. The fourth-order valence-electron chi connectivity index (χ4n) is 0. The van der Waals surface area contributed by atoms with Gasteiger partial charge >= 0.3 is 465 Å². The van der Waals surface area contributed by atoms with Crippen LogP contribution in [-0.2, 0) is 79.6 Å². The van der Waals surface area contributed by atoms with Crippen LogP contribution in [-0.4, -0.2) is 466 Å². The minimum atomic E-state index is -5.17. The van der Waals surface area contributed by atoms with Crippen molar-refractivity contribution in [3.05, 3.63) is 0 Å². The Kier molecular flexibility index (Phi) is 501. The Hall–Kier alpha value is 8.39.